The normalized spacial score (nSPS) is 16.1. The van der Waals surface area contributed by atoms with Crippen molar-refractivity contribution in [2.75, 3.05) is 17.2 Å². The van der Waals surface area contributed by atoms with E-state index in [4.69, 9.17) is 4.74 Å². The molecule has 1 aliphatic rings. The zero-order valence-electron chi connectivity index (χ0n) is 14.8. The van der Waals surface area contributed by atoms with Crippen molar-refractivity contribution in [3.63, 3.8) is 0 Å². The van der Waals surface area contributed by atoms with Gasteiger partial charge in [-0.2, -0.15) is 0 Å². The monoisotopic (exact) mass is 391 g/mol. The van der Waals surface area contributed by atoms with Gasteiger partial charge >= 0.3 is 5.97 Å². The highest BCUT2D eigenvalue weighted by atomic mass is 32.2. The number of ether oxygens (including phenoxy) is 1. The lowest BCUT2D eigenvalue weighted by Crippen LogP contribution is -2.34. The summed E-state index contributed by atoms with van der Waals surface area (Å²) in [5.74, 6) is -1.78. The molecule has 0 radical (unpaired) electrons. The van der Waals surface area contributed by atoms with Gasteiger partial charge in [0, 0.05) is 11.6 Å². The van der Waals surface area contributed by atoms with Crippen LogP contribution in [0.3, 0.4) is 0 Å². The highest BCUT2D eigenvalue weighted by Gasteiger charge is 2.32. The summed E-state index contributed by atoms with van der Waals surface area (Å²) in [6.45, 7) is 1.31. The van der Waals surface area contributed by atoms with Crippen molar-refractivity contribution in [3.05, 3.63) is 65.0 Å². The summed E-state index contributed by atoms with van der Waals surface area (Å²) >= 11 is 0. The summed E-state index contributed by atoms with van der Waals surface area (Å²) in [7, 11) is -3.41. The van der Waals surface area contributed by atoms with E-state index >= 15 is 0 Å². The van der Waals surface area contributed by atoms with Gasteiger partial charge in [-0.15, -0.1) is 0 Å². The molecule has 0 aliphatic carbocycles. The second-order valence-corrected chi connectivity index (χ2v) is 8.32. The SMILES string of the molecule is C[C@H]1Cc2cc(C(=O)COC(=O)c3cccc(F)c3)ccc2N1S(C)(=O)=O. The molecular formula is C19H18FNO5S. The molecule has 1 heterocycles. The number of hydrogen-bond acceptors (Lipinski definition) is 5. The largest absolute Gasteiger partial charge is 0.454 e. The Hall–Kier alpha value is -2.74. The molecule has 2 aromatic rings. The summed E-state index contributed by atoms with van der Waals surface area (Å²) in [4.78, 5) is 24.2. The molecule has 8 heteroatoms. The Morgan fingerprint density at radius 2 is 1.93 bits per heavy atom. The predicted octanol–water partition coefficient (Wildman–Crippen LogP) is 2.58. The van der Waals surface area contributed by atoms with E-state index in [9.17, 15) is 22.4 Å². The maximum atomic E-state index is 13.1. The Labute approximate surface area is 156 Å². The van der Waals surface area contributed by atoms with E-state index in [2.05, 4.69) is 0 Å². The molecule has 0 spiro atoms. The Morgan fingerprint density at radius 1 is 1.19 bits per heavy atom. The van der Waals surface area contributed by atoms with Crippen molar-refractivity contribution in [2.24, 2.45) is 0 Å². The quantitative estimate of drug-likeness (QED) is 0.578. The van der Waals surface area contributed by atoms with Gasteiger partial charge in [-0.3, -0.25) is 9.10 Å². The maximum absolute atomic E-state index is 13.1. The summed E-state index contributed by atoms with van der Waals surface area (Å²) < 4.78 is 43.3. The molecule has 0 aromatic heterocycles. The van der Waals surface area contributed by atoms with E-state index in [0.717, 1.165) is 17.9 Å². The van der Waals surface area contributed by atoms with Crippen LogP contribution in [0.2, 0.25) is 0 Å². The minimum Gasteiger partial charge on any atom is -0.454 e. The molecular weight excluding hydrogens is 373 g/mol. The van der Waals surface area contributed by atoms with E-state index < -0.39 is 34.2 Å². The van der Waals surface area contributed by atoms with Crippen LogP contribution in [0.1, 0.15) is 33.2 Å². The third-order valence-electron chi connectivity index (χ3n) is 4.31. The summed E-state index contributed by atoms with van der Waals surface area (Å²) in [5.41, 5.74) is 1.64. The molecule has 2 aromatic carbocycles. The first-order valence-electron chi connectivity index (χ1n) is 8.25. The van der Waals surface area contributed by atoms with E-state index in [0.29, 0.717) is 17.7 Å². The van der Waals surface area contributed by atoms with Crippen LogP contribution in [-0.4, -0.2) is 39.1 Å². The molecule has 0 amide bonds. The Morgan fingerprint density at radius 3 is 2.59 bits per heavy atom. The molecule has 3 rings (SSSR count). The molecule has 0 bridgehead atoms. The molecule has 142 valence electrons. The highest BCUT2D eigenvalue weighted by Crippen LogP contribution is 2.34. The third-order valence-corrected chi connectivity index (χ3v) is 5.58. The number of carbonyl (C=O) groups is 2. The topological polar surface area (TPSA) is 80.8 Å². The first kappa shape index (κ1) is 19.0. The van der Waals surface area contributed by atoms with Gasteiger partial charge in [0.25, 0.3) is 0 Å². The van der Waals surface area contributed by atoms with Crippen molar-refractivity contribution in [1.82, 2.24) is 0 Å². The molecule has 0 unspecified atom stereocenters. The second kappa shape index (κ2) is 7.11. The molecule has 0 fully saturated rings. The first-order valence-corrected chi connectivity index (χ1v) is 10.1. The van der Waals surface area contributed by atoms with Gasteiger partial charge < -0.3 is 4.74 Å². The fraction of sp³-hybridized carbons (Fsp3) is 0.263. The van der Waals surface area contributed by atoms with Gasteiger partial charge in [0.05, 0.1) is 17.5 Å². The lowest BCUT2D eigenvalue weighted by atomic mass is 10.0. The van der Waals surface area contributed by atoms with Crippen molar-refractivity contribution in [2.45, 2.75) is 19.4 Å². The van der Waals surface area contributed by atoms with Crippen LogP contribution in [0.25, 0.3) is 0 Å². The van der Waals surface area contributed by atoms with Crippen LogP contribution in [0.15, 0.2) is 42.5 Å². The van der Waals surface area contributed by atoms with E-state index in [1.54, 1.807) is 19.1 Å². The lowest BCUT2D eigenvalue weighted by Gasteiger charge is -2.21. The Bertz CT molecular complexity index is 1020. The van der Waals surface area contributed by atoms with Crippen molar-refractivity contribution < 1.29 is 27.1 Å². The standard InChI is InChI=1S/C19H18FNO5S/c1-12-8-15-9-13(6-7-17(15)21(12)27(2,24)25)18(22)11-26-19(23)14-4-3-5-16(20)10-14/h3-7,9-10,12H,8,11H2,1-2H3/t12-/m0/s1. The summed E-state index contributed by atoms with van der Waals surface area (Å²) in [5, 5.41) is 0. The molecule has 6 nitrogen and oxygen atoms in total. The van der Waals surface area contributed by atoms with Crippen LogP contribution < -0.4 is 4.31 Å². The van der Waals surface area contributed by atoms with Gasteiger partial charge in [-0.05, 0) is 55.3 Å². The molecule has 0 saturated carbocycles. The third kappa shape index (κ3) is 4.00. The molecule has 0 saturated heterocycles. The van der Waals surface area contributed by atoms with Gasteiger partial charge in [0.1, 0.15) is 5.82 Å². The number of benzene rings is 2. The van der Waals surface area contributed by atoms with Crippen LogP contribution in [0.4, 0.5) is 10.1 Å². The van der Waals surface area contributed by atoms with Crippen molar-refractivity contribution in [1.29, 1.82) is 0 Å². The van der Waals surface area contributed by atoms with Gasteiger partial charge in [-0.1, -0.05) is 6.07 Å². The highest BCUT2D eigenvalue weighted by molar-refractivity contribution is 7.92. The number of nitrogens with zero attached hydrogens (tertiary/aromatic N) is 1. The first-order chi connectivity index (χ1) is 12.7. The lowest BCUT2D eigenvalue weighted by molar-refractivity contribution is 0.0474. The summed E-state index contributed by atoms with van der Waals surface area (Å²) in [6, 6.07) is 9.49. The molecule has 1 atom stereocenters. The number of esters is 1. The average Bonchev–Trinajstić information content (AvgIpc) is 2.94. The van der Waals surface area contributed by atoms with Crippen molar-refractivity contribution >= 4 is 27.5 Å². The summed E-state index contributed by atoms with van der Waals surface area (Å²) in [6.07, 6.45) is 1.64. The number of halogens is 1. The Kier molecular flexibility index (Phi) is 5.01. The Balaban J connectivity index is 1.72. The number of Topliss-reactive ketones (excluding diaryl/α,β-unsaturated/α-hetero) is 1. The molecule has 27 heavy (non-hydrogen) atoms. The molecule has 1 aliphatic heterocycles. The number of carbonyl (C=O) groups excluding carboxylic acids is 2. The van der Waals surface area contributed by atoms with Gasteiger partial charge in [0.2, 0.25) is 10.0 Å². The number of fused-ring (bicyclic) bond motifs is 1. The van der Waals surface area contributed by atoms with Crippen LogP contribution in [0.5, 0.6) is 0 Å². The zero-order chi connectivity index (χ0) is 19.8. The van der Waals surface area contributed by atoms with Crippen LogP contribution in [0, 0.1) is 5.82 Å². The minimum atomic E-state index is -3.41. The predicted molar refractivity (Wildman–Crippen MR) is 97.9 cm³/mol. The van der Waals surface area contributed by atoms with Crippen LogP contribution in [-0.2, 0) is 21.2 Å². The van der Waals surface area contributed by atoms with Gasteiger partial charge in [0.15, 0.2) is 12.4 Å². The number of sulfonamides is 1. The van der Waals surface area contributed by atoms with Crippen molar-refractivity contribution in [3.8, 4) is 0 Å². The molecule has 0 N–H and O–H groups in total. The van der Waals surface area contributed by atoms with E-state index in [1.807, 2.05) is 0 Å². The number of rotatable bonds is 5. The zero-order valence-corrected chi connectivity index (χ0v) is 15.6. The second-order valence-electron chi connectivity index (χ2n) is 6.47. The van der Waals surface area contributed by atoms with Crippen LogP contribution >= 0.6 is 0 Å². The number of hydrogen-bond donors (Lipinski definition) is 0. The average molecular weight is 391 g/mol. The fourth-order valence-electron chi connectivity index (χ4n) is 3.19. The smallest absolute Gasteiger partial charge is 0.338 e. The number of anilines is 1. The van der Waals surface area contributed by atoms with Gasteiger partial charge in [-0.25, -0.2) is 17.6 Å². The minimum absolute atomic E-state index is 0.0226. The number of ketones is 1. The maximum Gasteiger partial charge on any atom is 0.338 e. The fourth-order valence-corrected chi connectivity index (χ4v) is 4.46. The van der Waals surface area contributed by atoms with E-state index in [1.165, 1.54) is 28.6 Å². The van der Waals surface area contributed by atoms with E-state index in [-0.39, 0.29) is 11.6 Å².